The fraction of sp³-hybridized carbons (Fsp3) is 0.632. The Labute approximate surface area is 157 Å². The summed E-state index contributed by atoms with van der Waals surface area (Å²) in [5, 5.41) is 0. The van der Waals surface area contributed by atoms with Gasteiger partial charge in [-0.2, -0.15) is 8.42 Å². The Hall–Kier alpha value is -1.60. The van der Waals surface area contributed by atoms with Crippen molar-refractivity contribution < 1.29 is 26.9 Å². The van der Waals surface area contributed by atoms with Crippen LogP contribution in [0.25, 0.3) is 0 Å². The first-order valence-electron chi connectivity index (χ1n) is 8.93. The molecule has 0 saturated carbocycles. The third-order valence-electron chi connectivity index (χ3n) is 4.02. The number of benzene rings is 1. The van der Waals surface area contributed by atoms with Crippen molar-refractivity contribution in [3.63, 3.8) is 0 Å². The van der Waals surface area contributed by atoms with E-state index in [1.807, 2.05) is 26.0 Å². The van der Waals surface area contributed by atoms with Gasteiger partial charge in [-0.25, -0.2) is 0 Å². The van der Waals surface area contributed by atoms with Crippen molar-refractivity contribution in [3.05, 3.63) is 29.8 Å². The molecule has 26 heavy (non-hydrogen) atoms. The molecule has 0 radical (unpaired) electrons. The van der Waals surface area contributed by atoms with Gasteiger partial charge in [-0.15, -0.1) is 0 Å². The van der Waals surface area contributed by atoms with Crippen LogP contribution in [-0.2, 0) is 30.3 Å². The number of hydrogen-bond donors (Lipinski definition) is 0. The van der Waals surface area contributed by atoms with Gasteiger partial charge >= 0.3 is 5.97 Å². The number of hydrogen-bond acceptors (Lipinski definition) is 6. The quantitative estimate of drug-likeness (QED) is 0.311. The summed E-state index contributed by atoms with van der Waals surface area (Å²) < 4.78 is 37.1. The molecule has 0 aliphatic rings. The molecule has 0 aromatic heterocycles. The van der Waals surface area contributed by atoms with Crippen LogP contribution in [0.15, 0.2) is 24.3 Å². The predicted molar refractivity (Wildman–Crippen MR) is 101 cm³/mol. The maximum atomic E-state index is 12.4. The van der Waals surface area contributed by atoms with Crippen LogP contribution in [0.5, 0.6) is 5.75 Å². The number of ether oxygens (including phenoxy) is 2. The second-order valence-electron chi connectivity index (χ2n) is 6.58. The Balaban J connectivity index is 2.66. The molecule has 1 aromatic rings. The molecule has 0 N–H and O–H groups in total. The largest absolute Gasteiger partial charge is 0.491 e. The van der Waals surface area contributed by atoms with E-state index < -0.39 is 15.5 Å². The minimum absolute atomic E-state index is 0.0292. The molecule has 0 aliphatic heterocycles. The van der Waals surface area contributed by atoms with Crippen molar-refractivity contribution in [3.8, 4) is 5.75 Å². The van der Waals surface area contributed by atoms with E-state index in [-0.39, 0.29) is 19.2 Å². The van der Waals surface area contributed by atoms with Crippen molar-refractivity contribution in [1.29, 1.82) is 0 Å². The fourth-order valence-electron chi connectivity index (χ4n) is 2.63. The lowest BCUT2D eigenvalue weighted by Gasteiger charge is -2.27. The summed E-state index contributed by atoms with van der Waals surface area (Å²) in [4.78, 5) is 12.4. The molecule has 1 atom stereocenters. The monoisotopic (exact) mass is 386 g/mol. The van der Waals surface area contributed by atoms with Crippen LogP contribution in [0.2, 0.25) is 0 Å². The maximum Gasteiger partial charge on any atom is 0.312 e. The molecule has 0 aliphatic carbocycles. The first kappa shape index (κ1) is 22.4. The molecule has 1 unspecified atom stereocenters. The van der Waals surface area contributed by atoms with Crippen LogP contribution < -0.4 is 4.74 Å². The average Bonchev–Trinajstić information content (AvgIpc) is 2.58. The summed E-state index contributed by atoms with van der Waals surface area (Å²) in [5.41, 5.74) is 0.481. The summed E-state index contributed by atoms with van der Waals surface area (Å²) in [6, 6.07) is 7.44. The fourth-order valence-corrected chi connectivity index (χ4v) is 3.00. The van der Waals surface area contributed by atoms with Crippen molar-refractivity contribution in [2.24, 2.45) is 5.41 Å². The average molecular weight is 387 g/mol. The van der Waals surface area contributed by atoms with Crippen LogP contribution in [0.1, 0.15) is 45.6 Å². The van der Waals surface area contributed by atoms with Gasteiger partial charge in [0, 0.05) is 0 Å². The maximum absolute atomic E-state index is 12.4. The zero-order valence-electron chi connectivity index (χ0n) is 16.1. The van der Waals surface area contributed by atoms with E-state index in [0.29, 0.717) is 18.8 Å². The number of esters is 1. The highest BCUT2D eigenvalue weighted by atomic mass is 32.2. The zero-order valence-corrected chi connectivity index (χ0v) is 16.9. The summed E-state index contributed by atoms with van der Waals surface area (Å²) in [6.45, 7) is 6.36. The lowest BCUT2D eigenvalue weighted by atomic mass is 9.79. The summed E-state index contributed by atoms with van der Waals surface area (Å²) in [6.07, 6.45) is 4.38. The predicted octanol–water partition coefficient (Wildman–Crippen LogP) is 3.34. The molecule has 7 heteroatoms. The molecular formula is C19H30O6S. The van der Waals surface area contributed by atoms with Gasteiger partial charge in [0.2, 0.25) is 0 Å². The van der Waals surface area contributed by atoms with E-state index in [0.717, 1.165) is 31.1 Å². The van der Waals surface area contributed by atoms with Gasteiger partial charge in [-0.1, -0.05) is 31.9 Å². The molecule has 0 bridgehead atoms. The molecule has 1 rings (SSSR count). The molecule has 0 heterocycles. The van der Waals surface area contributed by atoms with E-state index in [2.05, 4.69) is 11.1 Å². The minimum atomic E-state index is -3.45. The third-order valence-corrected chi connectivity index (χ3v) is 4.61. The molecule has 0 fully saturated rings. The van der Waals surface area contributed by atoms with Gasteiger partial charge < -0.3 is 9.47 Å². The minimum Gasteiger partial charge on any atom is -0.491 e. The Morgan fingerprint density at radius 1 is 1.12 bits per heavy atom. The van der Waals surface area contributed by atoms with Gasteiger partial charge in [0.1, 0.15) is 19.0 Å². The Morgan fingerprint density at radius 2 is 1.77 bits per heavy atom. The van der Waals surface area contributed by atoms with Gasteiger partial charge in [0.15, 0.2) is 0 Å². The summed E-state index contributed by atoms with van der Waals surface area (Å²) in [7, 11) is -3.45. The van der Waals surface area contributed by atoms with Crippen molar-refractivity contribution in [1.82, 2.24) is 0 Å². The standard InChI is InChI=1S/C19H30O6S/c1-5-7-12-19(3,18(20)23-6-2)15-16-8-10-17(11-9-16)24-13-14-25-26(4,21)22/h8-11H,5-7,12-15H2,1-4H3. The van der Waals surface area contributed by atoms with Gasteiger partial charge in [0.05, 0.1) is 18.3 Å². The molecule has 148 valence electrons. The first-order chi connectivity index (χ1) is 12.2. The van der Waals surface area contributed by atoms with E-state index in [1.54, 1.807) is 12.1 Å². The number of unbranched alkanes of at least 4 members (excludes halogenated alkanes) is 1. The highest BCUT2D eigenvalue weighted by Crippen LogP contribution is 2.31. The molecule has 1 aromatic carbocycles. The van der Waals surface area contributed by atoms with E-state index in [4.69, 9.17) is 9.47 Å². The van der Waals surface area contributed by atoms with Crippen LogP contribution in [0.3, 0.4) is 0 Å². The van der Waals surface area contributed by atoms with E-state index in [9.17, 15) is 13.2 Å². The van der Waals surface area contributed by atoms with E-state index in [1.165, 1.54) is 0 Å². The molecular weight excluding hydrogens is 356 g/mol. The van der Waals surface area contributed by atoms with Crippen LogP contribution >= 0.6 is 0 Å². The van der Waals surface area contributed by atoms with Crippen molar-refractivity contribution >= 4 is 16.1 Å². The lowest BCUT2D eigenvalue weighted by molar-refractivity contribution is -0.154. The number of carbonyl (C=O) groups is 1. The Kier molecular flexibility index (Phi) is 9.08. The molecule has 6 nitrogen and oxygen atoms in total. The molecule has 0 spiro atoms. The van der Waals surface area contributed by atoms with Crippen LogP contribution in [0, 0.1) is 5.41 Å². The van der Waals surface area contributed by atoms with Gasteiger partial charge in [-0.05, 0) is 44.4 Å². The number of carbonyl (C=O) groups excluding carboxylic acids is 1. The highest BCUT2D eigenvalue weighted by Gasteiger charge is 2.34. The Bertz CT molecular complexity index is 653. The summed E-state index contributed by atoms with van der Waals surface area (Å²) in [5.74, 6) is 0.462. The zero-order chi connectivity index (χ0) is 19.6. The SMILES string of the molecule is CCCCC(C)(Cc1ccc(OCCOS(C)(=O)=O)cc1)C(=O)OCC. The van der Waals surface area contributed by atoms with Crippen LogP contribution in [-0.4, -0.2) is 40.5 Å². The molecule has 0 amide bonds. The van der Waals surface area contributed by atoms with Gasteiger partial charge in [-0.3, -0.25) is 8.98 Å². The first-order valence-corrected chi connectivity index (χ1v) is 10.7. The van der Waals surface area contributed by atoms with Gasteiger partial charge in [0.25, 0.3) is 10.1 Å². The number of rotatable bonds is 12. The van der Waals surface area contributed by atoms with E-state index >= 15 is 0 Å². The topological polar surface area (TPSA) is 78.9 Å². The summed E-state index contributed by atoms with van der Waals surface area (Å²) >= 11 is 0. The normalized spacial score (nSPS) is 13.8. The third kappa shape index (κ3) is 8.19. The lowest BCUT2D eigenvalue weighted by Crippen LogP contribution is -2.32. The van der Waals surface area contributed by atoms with Crippen LogP contribution in [0.4, 0.5) is 0 Å². The second kappa shape index (κ2) is 10.5. The highest BCUT2D eigenvalue weighted by molar-refractivity contribution is 7.85. The Morgan fingerprint density at radius 3 is 2.31 bits per heavy atom. The molecule has 0 saturated heterocycles. The van der Waals surface area contributed by atoms with Crippen molar-refractivity contribution in [2.75, 3.05) is 26.1 Å². The smallest absolute Gasteiger partial charge is 0.312 e. The van der Waals surface area contributed by atoms with Crippen molar-refractivity contribution in [2.45, 2.75) is 46.5 Å². The second-order valence-corrected chi connectivity index (χ2v) is 8.22.